The number of benzene rings is 1. The van der Waals surface area contributed by atoms with Gasteiger partial charge in [0.05, 0.1) is 17.0 Å². The minimum Gasteiger partial charge on any atom is -0.370 e. The molecule has 5 nitrogen and oxygen atoms in total. The molecule has 0 saturated heterocycles. The van der Waals surface area contributed by atoms with E-state index < -0.39 is 11.4 Å². The zero-order valence-corrected chi connectivity index (χ0v) is 12.1. The van der Waals surface area contributed by atoms with E-state index in [1.165, 1.54) is 0 Å². The Morgan fingerprint density at radius 3 is 2.80 bits per heavy atom. The Bertz CT molecular complexity index is 712. The lowest BCUT2D eigenvalue weighted by molar-refractivity contribution is -0.119. The highest BCUT2D eigenvalue weighted by Gasteiger charge is 2.28. The first-order valence-corrected chi connectivity index (χ1v) is 6.69. The number of nitrogens with two attached hydrogens (primary N) is 1. The second kappa shape index (κ2) is 5.14. The second-order valence-electron chi connectivity index (χ2n) is 5.24. The van der Waals surface area contributed by atoms with Crippen molar-refractivity contribution < 1.29 is 4.79 Å². The quantitative estimate of drug-likeness (QED) is 0.876. The number of imidazole rings is 1. The first-order valence-electron chi connectivity index (χ1n) is 6.16. The first kappa shape index (κ1) is 14.4. The van der Waals surface area contributed by atoms with Crippen molar-refractivity contribution in [1.29, 1.82) is 5.26 Å². The number of halogens is 1. The number of rotatable bonds is 4. The van der Waals surface area contributed by atoms with Gasteiger partial charge in [0.1, 0.15) is 17.4 Å². The standard InChI is InChI=1S/C14H15ClN4O/c1-14(2,6-11(17)20)19-10-5-3-4-9(8-16)13(10)18-12(19)7-15/h3-5H,6-7H2,1-2H3,(H2,17,20). The highest BCUT2D eigenvalue weighted by atomic mass is 35.5. The van der Waals surface area contributed by atoms with Gasteiger partial charge in [0.15, 0.2) is 0 Å². The minimum absolute atomic E-state index is 0.166. The van der Waals surface area contributed by atoms with Crippen LogP contribution in [0.25, 0.3) is 11.0 Å². The highest BCUT2D eigenvalue weighted by molar-refractivity contribution is 6.16. The Balaban J connectivity index is 2.75. The van der Waals surface area contributed by atoms with Crippen LogP contribution < -0.4 is 5.73 Å². The van der Waals surface area contributed by atoms with E-state index in [4.69, 9.17) is 22.6 Å². The molecule has 0 aliphatic rings. The molecule has 0 unspecified atom stereocenters. The molecule has 0 radical (unpaired) electrons. The van der Waals surface area contributed by atoms with E-state index in [9.17, 15) is 4.79 Å². The number of nitrogens with zero attached hydrogens (tertiary/aromatic N) is 3. The maximum absolute atomic E-state index is 11.3. The maximum atomic E-state index is 11.3. The van der Waals surface area contributed by atoms with Gasteiger partial charge in [0.2, 0.25) is 5.91 Å². The van der Waals surface area contributed by atoms with Gasteiger partial charge in [-0.1, -0.05) is 6.07 Å². The molecule has 2 N–H and O–H groups in total. The zero-order valence-electron chi connectivity index (χ0n) is 11.4. The molecule has 2 rings (SSSR count). The summed E-state index contributed by atoms with van der Waals surface area (Å²) in [5, 5.41) is 9.15. The highest BCUT2D eigenvalue weighted by Crippen LogP contribution is 2.30. The van der Waals surface area contributed by atoms with E-state index in [0.717, 1.165) is 5.52 Å². The van der Waals surface area contributed by atoms with E-state index in [1.807, 2.05) is 24.5 Å². The molecule has 1 amide bonds. The van der Waals surface area contributed by atoms with Crippen LogP contribution in [-0.2, 0) is 16.2 Å². The number of aromatic nitrogens is 2. The number of amides is 1. The average Bonchev–Trinajstić information content (AvgIpc) is 2.75. The summed E-state index contributed by atoms with van der Waals surface area (Å²) in [6.07, 6.45) is 0.166. The number of primary amides is 1. The fourth-order valence-electron chi connectivity index (χ4n) is 2.51. The lowest BCUT2D eigenvalue weighted by Crippen LogP contribution is -2.33. The molecular formula is C14H15ClN4O. The van der Waals surface area contributed by atoms with Crippen LogP contribution in [0.5, 0.6) is 0 Å². The van der Waals surface area contributed by atoms with Gasteiger partial charge in [-0.3, -0.25) is 4.79 Å². The van der Waals surface area contributed by atoms with Gasteiger partial charge < -0.3 is 10.3 Å². The SMILES string of the molecule is CC(C)(CC(N)=O)n1c(CCl)nc2c(C#N)cccc21. The van der Waals surface area contributed by atoms with Crippen molar-refractivity contribution >= 4 is 28.5 Å². The number of hydrogen-bond donors (Lipinski definition) is 1. The monoisotopic (exact) mass is 290 g/mol. The van der Waals surface area contributed by atoms with Gasteiger partial charge in [-0.15, -0.1) is 11.6 Å². The summed E-state index contributed by atoms with van der Waals surface area (Å²) >= 11 is 5.96. The molecule has 104 valence electrons. The Labute approximate surface area is 122 Å². The summed E-state index contributed by atoms with van der Waals surface area (Å²) < 4.78 is 1.89. The summed E-state index contributed by atoms with van der Waals surface area (Å²) in [7, 11) is 0. The van der Waals surface area contributed by atoms with Crippen LogP contribution in [0, 0.1) is 11.3 Å². The number of hydrogen-bond acceptors (Lipinski definition) is 3. The van der Waals surface area contributed by atoms with E-state index in [2.05, 4.69) is 11.1 Å². The molecule has 1 aromatic heterocycles. The van der Waals surface area contributed by atoms with Crippen molar-refractivity contribution in [3.05, 3.63) is 29.6 Å². The molecule has 0 aliphatic heterocycles. The minimum atomic E-state index is -0.557. The average molecular weight is 291 g/mol. The molecule has 0 atom stereocenters. The lowest BCUT2D eigenvalue weighted by atomic mass is 9.99. The lowest BCUT2D eigenvalue weighted by Gasteiger charge is -2.27. The smallest absolute Gasteiger partial charge is 0.219 e. The predicted octanol–water partition coefficient (Wildman–Crippen LogP) is 2.26. The maximum Gasteiger partial charge on any atom is 0.219 e. The van der Waals surface area contributed by atoms with Gasteiger partial charge in [-0.25, -0.2) is 4.98 Å². The third-order valence-electron chi connectivity index (χ3n) is 3.21. The van der Waals surface area contributed by atoms with Crippen molar-refractivity contribution in [3.63, 3.8) is 0 Å². The van der Waals surface area contributed by atoms with Gasteiger partial charge in [-0.2, -0.15) is 5.26 Å². The Morgan fingerprint density at radius 1 is 1.55 bits per heavy atom. The topological polar surface area (TPSA) is 84.7 Å². The van der Waals surface area contributed by atoms with E-state index in [-0.39, 0.29) is 12.3 Å². The van der Waals surface area contributed by atoms with Crippen LogP contribution in [0.2, 0.25) is 0 Å². The molecule has 0 bridgehead atoms. The van der Waals surface area contributed by atoms with Gasteiger partial charge in [-0.05, 0) is 26.0 Å². The Morgan fingerprint density at radius 2 is 2.25 bits per heavy atom. The molecule has 1 heterocycles. The summed E-state index contributed by atoms with van der Waals surface area (Å²) in [4.78, 5) is 15.7. The zero-order chi connectivity index (χ0) is 14.9. The predicted molar refractivity (Wildman–Crippen MR) is 77.1 cm³/mol. The first-order chi connectivity index (χ1) is 9.40. The summed E-state index contributed by atoms with van der Waals surface area (Å²) in [5.74, 6) is 0.422. The van der Waals surface area contributed by atoms with E-state index >= 15 is 0 Å². The fraction of sp³-hybridized carbons (Fsp3) is 0.357. The number of alkyl halides is 1. The number of carbonyl (C=O) groups excluding carboxylic acids is 1. The molecule has 0 spiro atoms. The van der Waals surface area contributed by atoms with E-state index in [0.29, 0.717) is 16.9 Å². The molecule has 0 saturated carbocycles. The summed E-state index contributed by atoms with van der Waals surface area (Å²) in [6.45, 7) is 3.79. The van der Waals surface area contributed by atoms with Crippen LogP contribution >= 0.6 is 11.6 Å². The molecule has 0 aliphatic carbocycles. The Hall–Kier alpha value is -2.06. The van der Waals surface area contributed by atoms with Crippen LogP contribution in [0.3, 0.4) is 0 Å². The molecule has 6 heteroatoms. The van der Waals surface area contributed by atoms with Crippen molar-refractivity contribution in [1.82, 2.24) is 9.55 Å². The van der Waals surface area contributed by atoms with Crippen molar-refractivity contribution in [2.45, 2.75) is 31.7 Å². The fourth-order valence-corrected chi connectivity index (χ4v) is 2.69. The van der Waals surface area contributed by atoms with Crippen LogP contribution in [-0.4, -0.2) is 15.5 Å². The summed E-state index contributed by atoms with van der Waals surface area (Å²) in [6, 6.07) is 7.48. The van der Waals surface area contributed by atoms with Crippen molar-refractivity contribution in [3.8, 4) is 6.07 Å². The van der Waals surface area contributed by atoms with Gasteiger partial charge >= 0.3 is 0 Å². The largest absolute Gasteiger partial charge is 0.370 e. The molecule has 20 heavy (non-hydrogen) atoms. The van der Waals surface area contributed by atoms with Crippen LogP contribution in [0.1, 0.15) is 31.7 Å². The molecular weight excluding hydrogens is 276 g/mol. The molecule has 2 aromatic rings. The third kappa shape index (κ3) is 2.35. The normalized spacial score (nSPS) is 11.5. The van der Waals surface area contributed by atoms with Crippen LogP contribution in [0.4, 0.5) is 0 Å². The molecule has 0 fully saturated rings. The number of para-hydroxylation sites is 1. The van der Waals surface area contributed by atoms with E-state index in [1.54, 1.807) is 12.1 Å². The van der Waals surface area contributed by atoms with Crippen LogP contribution in [0.15, 0.2) is 18.2 Å². The second-order valence-corrected chi connectivity index (χ2v) is 5.50. The number of nitriles is 1. The molecule has 1 aromatic carbocycles. The van der Waals surface area contributed by atoms with Gasteiger partial charge in [0.25, 0.3) is 0 Å². The summed E-state index contributed by atoms with van der Waals surface area (Å²) in [5.41, 5.74) is 6.63. The number of fused-ring (bicyclic) bond motifs is 1. The Kier molecular flexibility index (Phi) is 3.69. The van der Waals surface area contributed by atoms with Crippen molar-refractivity contribution in [2.24, 2.45) is 5.73 Å². The number of carbonyl (C=O) groups is 1. The third-order valence-corrected chi connectivity index (χ3v) is 3.45. The van der Waals surface area contributed by atoms with Crippen molar-refractivity contribution in [2.75, 3.05) is 0 Å². The van der Waals surface area contributed by atoms with Gasteiger partial charge in [0, 0.05) is 12.0 Å².